The first-order valence-corrected chi connectivity index (χ1v) is 11.2. The summed E-state index contributed by atoms with van der Waals surface area (Å²) in [5.41, 5.74) is 2.52. The molecule has 1 aliphatic rings. The van der Waals surface area contributed by atoms with Gasteiger partial charge >= 0.3 is 0 Å². The molecule has 1 aliphatic heterocycles. The number of hydrogen-bond acceptors (Lipinski definition) is 0. The van der Waals surface area contributed by atoms with Crippen LogP contribution in [0.3, 0.4) is 0 Å². The molecule has 0 N–H and O–H groups in total. The molecule has 0 unspecified atom stereocenters. The highest BCUT2D eigenvalue weighted by molar-refractivity contribution is 7.45. The van der Waals surface area contributed by atoms with Crippen LogP contribution >= 0.6 is 22.2 Å². The minimum Gasteiger partial charge on any atom is -0.168 e. The monoisotopic (exact) mass is 212 g/mol. The van der Waals surface area contributed by atoms with E-state index in [9.17, 15) is 0 Å². The van der Waals surface area contributed by atoms with Gasteiger partial charge in [0.1, 0.15) is 0 Å². The van der Waals surface area contributed by atoms with Crippen molar-refractivity contribution < 1.29 is 0 Å². The Labute approximate surface area is 74.3 Å². The molecule has 0 nitrogen and oxygen atoms in total. The lowest BCUT2D eigenvalue weighted by Crippen LogP contribution is -2.55. The summed E-state index contributed by atoms with van der Waals surface area (Å²) in [5, 5.41) is 0. The lowest BCUT2D eigenvalue weighted by Gasteiger charge is -2.45. The summed E-state index contributed by atoms with van der Waals surface area (Å²) >= 11 is 12.7. The molecule has 1 rings (SSSR count). The molecule has 0 radical (unpaired) electrons. The van der Waals surface area contributed by atoms with Crippen molar-refractivity contribution in [2.75, 3.05) is 0 Å². The van der Waals surface area contributed by atoms with E-state index < -0.39 is 14.8 Å². The number of halogens is 2. The minimum absolute atomic E-state index is 1.22. The average molecular weight is 213 g/mol. The Balaban J connectivity index is 2.42. The Morgan fingerprint density at radius 3 is 1.50 bits per heavy atom. The van der Waals surface area contributed by atoms with E-state index >= 15 is 0 Å². The van der Waals surface area contributed by atoms with Crippen LogP contribution in [-0.2, 0) is 0 Å². The van der Waals surface area contributed by atoms with Crippen LogP contribution in [-0.4, -0.2) is 14.8 Å². The molecular weight excluding hydrogens is 199 g/mol. The second-order valence-electron chi connectivity index (χ2n) is 3.36. The zero-order valence-electron chi connectivity index (χ0n) is 6.58. The Hall–Kier alpha value is 1.01. The van der Waals surface area contributed by atoms with Crippen molar-refractivity contribution in [2.45, 2.75) is 37.3 Å². The highest BCUT2D eigenvalue weighted by Crippen LogP contribution is 2.49. The molecule has 0 amide bonds. The van der Waals surface area contributed by atoms with Gasteiger partial charge in [0.15, 0.2) is 14.8 Å². The fraction of sp³-hybridized carbons (Fsp3) is 1.00. The fourth-order valence-electron chi connectivity index (χ4n) is 1.58. The highest BCUT2D eigenvalue weighted by atomic mass is 35.6. The van der Waals surface area contributed by atoms with Crippen LogP contribution in [0.4, 0.5) is 0 Å². The maximum atomic E-state index is 6.34. The molecule has 0 aromatic carbocycles. The largest absolute Gasteiger partial charge is 0.168 e. The van der Waals surface area contributed by atoms with E-state index in [0.717, 1.165) is 0 Å². The van der Waals surface area contributed by atoms with E-state index in [-0.39, 0.29) is 0 Å². The summed E-state index contributed by atoms with van der Waals surface area (Å²) in [6.07, 6.45) is 0. The van der Waals surface area contributed by atoms with Gasteiger partial charge in [-0.3, -0.25) is 0 Å². The molecule has 4 heteroatoms. The van der Waals surface area contributed by atoms with Gasteiger partial charge in [-0.05, 0) is 23.4 Å². The summed E-state index contributed by atoms with van der Waals surface area (Å²) in [6.45, 7) is 4.42. The third kappa shape index (κ3) is 1.60. The van der Waals surface area contributed by atoms with E-state index in [1.54, 1.807) is 0 Å². The molecule has 0 bridgehead atoms. The SMILES string of the molecule is CC[Si]1(Cl)C[Si](Cl)(CC)C1. The van der Waals surface area contributed by atoms with Crippen molar-refractivity contribution in [3.05, 3.63) is 0 Å². The quantitative estimate of drug-likeness (QED) is 0.486. The maximum absolute atomic E-state index is 6.34. The average Bonchev–Trinajstić information content (AvgIpc) is 1.85. The molecule has 1 saturated heterocycles. The first-order chi connectivity index (χ1) is 4.54. The van der Waals surface area contributed by atoms with E-state index in [2.05, 4.69) is 13.8 Å². The lowest BCUT2D eigenvalue weighted by atomic mass is 11.0. The van der Waals surface area contributed by atoms with Crippen molar-refractivity contribution in [2.24, 2.45) is 0 Å². The minimum atomic E-state index is -1.23. The van der Waals surface area contributed by atoms with Crippen LogP contribution in [0.2, 0.25) is 23.4 Å². The normalized spacial score (nSPS) is 46.8. The van der Waals surface area contributed by atoms with Gasteiger partial charge in [0, 0.05) is 0 Å². The van der Waals surface area contributed by atoms with Crippen LogP contribution < -0.4 is 0 Å². The summed E-state index contributed by atoms with van der Waals surface area (Å²) < 4.78 is 0. The van der Waals surface area contributed by atoms with E-state index in [4.69, 9.17) is 22.2 Å². The summed E-state index contributed by atoms with van der Waals surface area (Å²) in [5.74, 6) is 0. The predicted octanol–water partition coefficient (Wildman–Crippen LogP) is 3.49. The molecule has 0 aromatic heterocycles. The molecule has 0 atom stereocenters. The van der Waals surface area contributed by atoms with Crippen molar-refractivity contribution in [3.8, 4) is 0 Å². The first kappa shape index (κ1) is 9.10. The van der Waals surface area contributed by atoms with E-state index in [1.165, 1.54) is 23.4 Å². The van der Waals surface area contributed by atoms with Crippen molar-refractivity contribution in [3.63, 3.8) is 0 Å². The zero-order chi connectivity index (χ0) is 7.83. The Morgan fingerprint density at radius 1 is 1.00 bits per heavy atom. The van der Waals surface area contributed by atoms with Crippen LogP contribution in [0, 0.1) is 0 Å². The molecule has 0 spiro atoms. The lowest BCUT2D eigenvalue weighted by molar-refractivity contribution is 1.25. The Kier molecular flexibility index (Phi) is 2.56. The topological polar surface area (TPSA) is 0 Å². The molecule has 0 aromatic rings. The van der Waals surface area contributed by atoms with Gasteiger partial charge in [-0.15, -0.1) is 0 Å². The molecule has 10 heavy (non-hydrogen) atoms. The third-order valence-electron chi connectivity index (χ3n) is 2.53. The van der Waals surface area contributed by atoms with E-state index in [0.29, 0.717) is 0 Å². The number of rotatable bonds is 2. The Morgan fingerprint density at radius 2 is 1.30 bits per heavy atom. The predicted molar refractivity (Wildman–Crippen MR) is 53.8 cm³/mol. The Bertz CT molecular complexity index is 118. The van der Waals surface area contributed by atoms with Gasteiger partial charge in [0.05, 0.1) is 0 Å². The van der Waals surface area contributed by atoms with Gasteiger partial charge in [-0.2, -0.15) is 22.2 Å². The molecule has 0 saturated carbocycles. The highest BCUT2D eigenvalue weighted by Gasteiger charge is 2.54. The molecule has 60 valence electrons. The number of hydrogen-bond donors (Lipinski definition) is 0. The molecule has 0 aliphatic carbocycles. The summed E-state index contributed by atoms with van der Waals surface area (Å²) in [6, 6.07) is 2.44. The van der Waals surface area contributed by atoms with Gasteiger partial charge in [-0.25, -0.2) is 0 Å². The second kappa shape index (κ2) is 2.81. The molecular formula is C6H14Cl2Si2. The van der Waals surface area contributed by atoms with Crippen molar-refractivity contribution >= 4 is 36.9 Å². The van der Waals surface area contributed by atoms with Gasteiger partial charge in [-0.1, -0.05) is 13.8 Å². The second-order valence-corrected chi connectivity index (χ2v) is 17.0. The van der Waals surface area contributed by atoms with Gasteiger partial charge < -0.3 is 0 Å². The molecule has 1 fully saturated rings. The van der Waals surface area contributed by atoms with Gasteiger partial charge in [0.25, 0.3) is 0 Å². The van der Waals surface area contributed by atoms with Crippen LogP contribution in [0.15, 0.2) is 0 Å². The van der Waals surface area contributed by atoms with E-state index in [1.807, 2.05) is 0 Å². The van der Waals surface area contributed by atoms with Crippen LogP contribution in [0.25, 0.3) is 0 Å². The summed E-state index contributed by atoms with van der Waals surface area (Å²) in [7, 11) is -2.45. The fourth-order valence-corrected chi connectivity index (χ4v) is 24.7. The van der Waals surface area contributed by atoms with Gasteiger partial charge in [0.2, 0.25) is 0 Å². The standard InChI is InChI=1S/C6H14Cl2Si2/c1-3-9(7)5-10(8,4-2)6-9/h3-6H2,1-2H3. The smallest absolute Gasteiger partial charge is 0.153 e. The third-order valence-corrected chi connectivity index (χ3v) is 21.6. The molecule has 1 heterocycles. The first-order valence-electron chi connectivity index (χ1n) is 3.91. The maximum Gasteiger partial charge on any atom is 0.153 e. The van der Waals surface area contributed by atoms with Crippen molar-refractivity contribution in [1.29, 1.82) is 0 Å². The zero-order valence-corrected chi connectivity index (χ0v) is 10.1. The van der Waals surface area contributed by atoms with Crippen LogP contribution in [0.5, 0.6) is 0 Å². The van der Waals surface area contributed by atoms with Crippen molar-refractivity contribution in [1.82, 2.24) is 0 Å². The van der Waals surface area contributed by atoms with Crippen LogP contribution in [0.1, 0.15) is 13.8 Å². The summed E-state index contributed by atoms with van der Waals surface area (Å²) in [4.78, 5) is 0.